The molecule has 0 aliphatic heterocycles. The average molecular weight is 233 g/mol. The number of hydrogen-bond donors (Lipinski definition) is 1. The van der Waals surface area contributed by atoms with E-state index in [0.29, 0.717) is 5.41 Å². The molecule has 0 unspecified atom stereocenters. The minimum atomic E-state index is 0.319. The number of hydrogen-bond acceptors (Lipinski definition) is 1. The second kappa shape index (κ2) is 11.2. The summed E-state index contributed by atoms with van der Waals surface area (Å²) in [4.78, 5) is 0. The van der Waals surface area contributed by atoms with Gasteiger partial charge in [0.25, 0.3) is 0 Å². The van der Waals surface area contributed by atoms with E-state index in [9.17, 15) is 0 Å². The summed E-state index contributed by atoms with van der Waals surface area (Å²) in [5.41, 5.74) is 6.71. The van der Waals surface area contributed by atoms with Gasteiger partial charge in [-0.2, -0.15) is 0 Å². The molecule has 0 bridgehead atoms. The molecule has 17 heavy (non-hydrogen) atoms. The van der Waals surface area contributed by atoms with Crippen molar-refractivity contribution in [1.29, 1.82) is 0 Å². The Morgan fingerprint density at radius 1 is 1.06 bits per heavy atom. The SMILES string of the molecule is CC.CC#Cc1ccccc1.CC(C)(C)CN. The lowest BCUT2D eigenvalue weighted by Crippen LogP contribution is -2.18. The monoisotopic (exact) mass is 233 g/mol. The molecule has 96 valence electrons. The lowest BCUT2D eigenvalue weighted by Gasteiger charge is -2.12. The largest absolute Gasteiger partial charge is 0.330 e. The Bertz CT molecular complexity index is 309. The predicted octanol–water partition coefficient (Wildman–Crippen LogP) is 4.08. The zero-order valence-electron chi connectivity index (χ0n) is 12.2. The van der Waals surface area contributed by atoms with E-state index >= 15 is 0 Å². The molecule has 0 spiro atoms. The van der Waals surface area contributed by atoms with Crippen LogP contribution in [-0.4, -0.2) is 6.54 Å². The summed E-state index contributed by atoms with van der Waals surface area (Å²) in [5, 5.41) is 0. The van der Waals surface area contributed by atoms with Gasteiger partial charge in [0, 0.05) is 5.56 Å². The Kier molecular flexibility index (Phi) is 12.0. The number of nitrogens with two attached hydrogens (primary N) is 1. The van der Waals surface area contributed by atoms with Gasteiger partial charge >= 0.3 is 0 Å². The molecule has 0 heterocycles. The van der Waals surface area contributed by atoms with Crippen molar-refractivity contribution < 1.29 is 0 Å². The van der Waals surface area contributed by atoms with Gasteiger partial charge in [0.15, 0.2) is 0 Å². The molecule has 0 saturated heterocycles. The van der Waals surface area contributed by atoms with Gasteiger partial charge in [0.2, 0.25) is 0 Å². The Labute approximate surface area is 107 Å². The van der Waals surface area contributed by atoms with E-state index in [0.717, 1.165) is 12.1 Å². The molecule has 0 radical (unpaired) electrons. The summed E-state index contributed by atoms with van der Waals surface area (Å²) < 4.78 is 0. The predicted molar refractivity (Wildman–Crippen MR) is 78.9 cm³/mol. The summed E-state index contributed by atoms with van der Waals surface area (Å²) in [6.45, 7) is 13.0. The van der Waals surface area contributed by atoms with E-state index in [1.165, 1.54) is 0 Å². The highest BCUT2D eigenvalue weighted by molar-refractivity contribution is 5.32. The molecule has 0 aliphatic rings. The van der Waals surface area contributed by atoms with Gasteiger partial charge in [-0.05, 0) is 31.0 Å². The van der Waals surface area contributed by atoms with Crippen molar-refractivity contribution >= 4 is 0 Å². The van der Waals surface area contributed by atoms with Crippen LogP contribution < -0.4 is 5.73 Å². The van der Waals surface area contributed by atoms with Gasteiger partial charge in [0.1, 0.15) is 0 Å². The number of benzene rings is 1. The van der Waals surface area contributed by atoms with Gasteiger partial charge in [-0.15, -0.1) is 5.92 Å². The maximum Gasteiger partial charge on any atom is 0.0245 e. The van der Waals surface area contributed by atoms with E-state index < -0.39 is 0 Å². The normalized spacial score (nSPS) is 8.65. The van der Waals surface area contributed by atoms with Crippen molar-refractivity contribution in [3.8, 4) is 11.8 Å². The van der Waals surface area contributed by atoms with Crippen LogP contribution >= 0.6 is 0 Å². The first kappa shape index (κ1) is 18.1. The van der Waals surface area contributed by atoms with Crippen LogP contribution in [0.3, 0.4) is 0 Å². The molecular weight excluding hydrogens is 206 g/mol. The van der Waals surface area contributed by atoms with E-state index in [1.807, 2.05) is 51.1 Å². The minimum absolute atomic E-state index is 0.319. The third-order valence-corrected chi connectivity index (χ3v) is 1.66. The van der Waals surface area contributed by atoms with Crippen LogP contribution in [0.1, 0.15) is 47.1 Å². The fraction of sp³-hybridized carbons (Fsp3) is 0.500. The Morgan fingerprint density at radius 2 is 1.47 bits per heavy atom. The molecule has 0 aliphatic carbocycles. The molecule has 1 aromatic rings. The number of rotatable bonds is 0. The quantitative estimate of drug-likeness (QED) is 0.671. The maximum atomic E-state index is 5.31. The van der Waals surface area contributed by atoms with Crippen LogP contribution in [0.2, 0.25) is 0 Å². The van der Waals surface area contributed by atoms with Crippen molar-refractivity contribution in [2.45, 2.75) is 41.5 Å². The third kappa shape index (κ3) is 14.7. The lowest BCUT2D eigenvalue weighted by molar-refractivity contribution is 0.428. The molecule has 1 heteroatoms. The van der Waals surface area contributed by atoms with E-state index in [2.05, 4.69) is 32.6 Å². The van der Waals surface area contributed by atoms with Gasteiger partial charge in [-0.1, -0.05) is 58.7 Å². The van der Waals surface area contributed by atoms with Crippen LogP contribution in [0.5, 0.6) is 0 Å². The standard InChI is InChI=1S/C9H8.C5H13N.C2H6/c1-2-6-9-7-4-3-5-8-9;1-5(2,3)4-6;1-2/h3-5,7-8H,1H3;4,6H2,1-3H3;1-2H3. The Morgan fingerprint density at radius 3 is 1.76 bits per heavy atom. The zero-order chi connectivity index (χ0) is 13.7. The van der Waals surface area contributed by atoms with Crippen molar-refractivity contribution in [1.82, 2.24) is 0 Å². The maximum absolute atomic E-state index is 5.31. The van der Waals surface area contributed by atoms with Crippen LogP contribution in [-0.2, 0) is 0 Å². The van der Waals surface area contributed by atoms with Crippen LogP contribution in [0.25, 0.3) is 0 Å². The summed E-state index contributed by atoms with van der Waals surface area (Å²) in [5.74, 6) is 5.79. The van der Waals surface area contributed by atoms with Gasteiger partial charge in [0.05, 0.1) is 0 Å². The molecule has 0 fully saturated rings. The van der Waals surface area contributed by atoms with Gasteiger partial charge in [-0.25, -0.2) is 0 Å². The first-order chi connectivity index (χ1) is 7.99. The average Bonchev–Trinajstić information content (AvgIpc) is 2.33. The third-order valence-electron chi connectivity index (χ3n) is 1.66. The molecule has 1 nitrogen and oxygen atoms in total. The first-order valence-electron chi connectivity index (χ1n) is 6.17. The topological polar surface area (TPSA) is 26.0 Å². The summed E-state index contributed by atoms with van der Waals surface area (Å²) in [7, 11) is 0. The summed E-state index contributed by atoms with van der Waals surface area (Å²) in [6.07, 6.45) is 0. The van der Waals surface area contributed by atoms with E-state index in [4.69, 9.17) is 5.73 Å². The second-order valence-corrected chi connectivity index (χ2v) is 4.51. The molecule has 0 saturated carbocycles. The highest BCUT2D eigenvalue weighted by Gasteiger charge is 2.03. The molecule has 1 aromatic carbocycles. The first-order valence-corrected chi connectivity index (χ1v) is 6.17. The van der Waals surface area contributed by atoms with Crippen molar-refractivity contribution in [3.63, 3.8) is 0 Å². The highest BCUT2D eigenvalue weighted by atomic mass is 14.6. The molecule has 1 rings (SSSR count). The molecule has 0 aromatic heterocycles. The van der Waals surface area contributed by atoms with E-state index in [1.54, 1.807) is 0 Å². The Balaban J connectivity index is 0. The lowest BCUT2D eigenvalue weighted by atomic mass is 9.98. The van der Waals surface area contributed by atoms with Gasteiger partial charge in [-0.3, -0.25) is 0 Å². The Hall–Kier alpha value is -1.26. The summed E-state index contributed by atoms with van der Waals surface area (Å²) >= 11 is 0. The van der Waals surface area contributed by atoms with Crippen LogP contribution in [0.4, 0.5) is 0 Å². The summed E-state index contributed by atoms with van der Waals surface area (Å²) in [6, 6.07) is 9.95. The van der Waals surface area contributed by atoms with Crippen molar-refractivity contribution in [2.75, 3.05) is 6.54 Å². The van der Waals surface area contributed by atoms with E-state index in [-0.39, 0.29) is 0 Å². The fourth-order valence-electron chi connectivity index (χ4n) is 0.666. The smallest absolute Gasteiger partial charge is 0.0245 e. The van der Waals surface area contributed by atoms with Crippen LogP contribution in [0.15, 0.2) is 30.3 Å². The highest BCUT2D eigenvalue weighted by Crippen LogP contribution is 2.07. The molecule has 0 atom stereocenters. The second-order valence-electron chi connectivity index (χ2n) is 4.51. The van der Waals surface area contributed by atoms with Crippen molar-refractivity contribution in [3.05, 3.63) is 35.9 Å². The minimum Gasteiger partial charge on any atom is -0.330 e. The van der Waals surface area contributed by atoms with Crippen LogP contribution in [0, 0.1) is 17.3 Å². The molecule has 0 amide bonds. The molecule has 2 N–H and O–H groups in total. The fourth-order valence-corrected chi connectivity index (χ4v) is 0.666. The zero-order valence-corrected chi connectivity index (χ0v) is 12.2. The van der Waals surface area contributed by atoms with Crippen molar-refractivity contribution in [2.24, 2.45) is 11.1 Å². The molecular formula is C16H27N. The van der Waals surface area contributed by atoms with Gasteiger partial charge < -0.3 is 5.73 Å².